The van der Waals surface area contributed by atoms with Crippen LogP contribution in [0.2, 0.25) is 0 Å². The second kappa shape index (κ2) is 8.23. The van der Waals surface area contributed by atoms with E-state index in [2.05, 4.69) is 36.4 Å². The Hall–Kier alpha value is -3.05. The van der Waals surface area contributed by atoms with E-state index in [1.807, 2.05) is 13.0 Å². The van der Waals surface area contributed by atoms with Gasteiger partial charge < -0.3 is 8.98 Å². The van der Waals surface area contributed by atoms with Crippen molar-refractivity contribution < 1.29 is 9.34 Å². The van der Waals surface area contributed by atoms with E-state index in [1.165, 1.54) is 17.0 Å². The summed E-state index contributed by atoms with van der Waals surface area (Å²) in [6.45, 7) is 1.99. The smallest absolute Gasteiger partial charge is 0.269 e. The van der Waals surface area contributed by atoms with Crippen molar-refractivity contribution in [1.29, 1.82) is 0 Å². The van der Waals surface area contributed by atoms with Crippen LogP contribution in [-0.4, -0.2) is 29.9 Å². The summed E-state index contributed by atoms with van der Waals surface area (Å²) >= 11 is 3.27. The van der Waals surface area contributed by atoms with Crippen LogP contribution in [0.3, 0.4) is 0 Å². The molecular weight excluding hydrogens is 436 g/mol. The van der Waals surface area contributed by atoms with Crippen LogP contribution in [0.4, 0.5) is 5.69 Å². The molecule has 3 aromatic heterocycles. The lowest BCUT2D eigenvalue weighted by Crippen LogP contribution is -2.04. The van der Waals surface area contributed by atoms with Crippen molar-refractivity contribution in [2.75, 3.05) is 0 Å². The average molecular weight is 455 g/mol. The van der Waals surface area contributed by atoms with Gasteiger partial charge in [-0.1, -0.05) is 17.8 Å². The molecule has 0 aliphatic heterocycles. The van der Waals surface area contributed by atoms with Gasteiger partial charge in [0.1, 0.15) is 5.82 Å². The van der Waals surface area contributed by atoms with Crippen molar-refractivity contribution in [3.8, 4) is 11.5 Å². The predicted molar refractivity (Wildman–Crippen MR) is 116 cm³/mol. The van der Waals surface area contributed by atoms with Crippen molar-refractivity contribution in [3.05, 3.63) is 68.5 Å². The van der Waals surface area contributed by atoms with Gasteiger partial charge in [-0.05, 0) is 43.3 Å². The maximum absolute atomic E-state index is 10.8. The van der Waals surface area contributed by atoms with Crippen LogP contribution < -0.4 is 0 Å². The predicted octanol–water partition coefficient (Wildman–Crippen LogP) is 5.08. The van der Waals surface area contributed by atoms with Crippen LogP contribution in [-0.2, 0) is 6.42 Å². The monoisotopic (exact) mass is 454 g/mol. The quantitative estimate of drug-likeness (QED) is 0.206. The van der Waals surface area contributed by atoms with Gasteiger partial charge in [0.15, 0.2) is 5.16 Å². The highest BCUT2D eigenvalue weighted by atomic mass is 32.2. The van der Waals surface area contributed by atoms with E-state index in [4.69, 9.17) is 4.42 Å². The van der Waals surface area contributed by atoms with Gasteiger partial charge >= 0.3 is 0 Å². The van der Waals surface area contributed by atoms with E-state index in [0.29, 0.717) is 23.4 Å². The molecule has 0 amide bonds. The van der Waals surface area contributed by atoms with Crippen LogP contribution in [0.5, 0.6) is 0 Å². The molecule has 1 aliphatic rings. The maximum Gasteiger partial charge on any atom is 0.269 e. The molecule has 1 aromatic carbocycles. The molecule has 1 atom stereocenters. The molecule has 0 spiro atoms. The van der Waals surface area contributed by atoms with Crippen molar-refractivity contribution >= 4 is 28.8 Å². The molecule has 0 saturated heterocycles. The van der Waals surface area contributed by atoms with Crippen LogP contribution in [0, 0.1) is 10.1 Å². The number of thioether (sulfide) groups is 1. The topological polar surface area (TPSA) is 113 Å². The zero-order valence-corrected chi connectivity index (χ0v) is 18.2. The van der Waals surface area contributed by atoms with Gasteiger partial charge in [-0.3, -0.25) is 10.1 Å². The van der Waals surface area contributed by atoms with E-state index in [-0.39, 0.29) is 10.9 Å². The van der Waals surface area contributed by atoms with Crippen molar-refractivity contribution in [3.63, 3.8) is 0 Å². The first-order valence-corrected chi connectivity index (χ1v) is 11.6. The molecule has 31 heavy (non-hydrogen) atoms. The molecule has 4 aromatic rings. The molecule has 1 saturated carbocycles. The first kappa shape index (κ1) is 19.9. The van der Waals surface area contributed by atoms with Crippen LogP contribution in [0.15, 0.2) is 51.4 Å². The molecular formula is C20H18N6O3S2. The van der Waals surface area contributed by atoms with Gasteiger partial charge in [0.05, 0.1) is 10.2 Å². The molecule has 3 heterocycles. The first-order valence-electron chi connectivity index (χ1n) is 9.79. The fourth-order valence-electron chi connectivity index (χ4n) is 3.23. The fraction of sp³-hybridized carbons (Fsp3) is 0.300. The fourth-order valence-corrected chi connectivity index (χ4v) is 4.90. The summed E-state index contributed by atoms with van der Waals surface area (Å²) in [7, 11) is 0. The second-order valence-corrected chi connectivity index (χ2v) is 9.61. The Kier molecular flexibility index (Phi) is 5.28. The highest BCUT2D eigenvalue weighted by Gasteiger charge is 2.31. The maximum atomic E-state index is 10.8. The summed E-state index contributed by atoms with van der Waals surface area (Å²) in [5.41, 5.74) is 0.658. The van der Waals surface area contributed by atoms with Gasteiger partial charge in [0.2, 0.25) is 11.8 Å². The third kappa shape index (κ3) is 4.23. The molecule has 1 aliphatic carbocycles. The Balaban J connectivity index is 1.33. The van der Waals surface area contributed by atoms with Crippen molar-refractivity contribution in [2.45, 2.75) is 42.6 Å². The van der Waals surface area contributed by atoms with E-state index >= 15 is 0 Å². The molecule has 158 valence electrons. The average Bonchev–Trinajstić information content (AvgIpc) is 3.16. The molecule has 0 N–H and O–H groups in total. The van der Waals surface area contributed by atoms with Gasteiger partial charge in [0, 0.05) is 35.0 Å². The summed E-state index contributed by atoms with van der Waals surface area (Å²) in [5, 5.41) is 30.8. The van der Waals surface area contributed by atoms with Crippen LogP contribution in [0.1, 0.15) is 47.6 Å². The third-order valence-electron chi connectivity index (χ3n) is 4.96. The van der Waals surface area contributed by atoms with E-state index in [9.17, 15) is 10.1 Å². The zero-order valence-electron chi connectivity index (χ0n) is 16.5. The molecule has 1 fully saturated rings. The highest BCUT2D eigenvalue weighted by molar-refractivity contribution is 7.99. The van der Waals surface area contributed by atoms with E-state index in [0.717, 1.165) is 30.2 Å². The normalized spacial score (nSPS) is 14.6. The summed E-state index contributed by atoms with van der Waals surface area (Å²) in [5.74, 6) is 1.79. The Morgan fingerprint density at radius 3 is 2.71 bits per heavy atom. The number of benzene rings is 1. The minimum atomic E-state index is -0.440. The largest absolute Gasteiger partial charge is 0.419 e. The number of hydrogen-bond donors (Lipinski definition) is 0. The number of non-ortho nitro benzene ring substituents is 1. The van der Waals surface area contributed by atoms with Crippen molar-refractivity contribution in [2.24, 2.45) is 0 Å². The number of rotatable bonds is 8. The Labute approximate surface area is 185 Å². The van der Waals surface area contributed by atoms with Gasteiger partial charge in [-0.25, -0.2) is 0 Å². The summed E-state index contributed by atoms with van der Waals surface area (Å²) in [4.78, 5) is 11.7. The lowest BCUT2D eigenvalue weighted by molar-refractivity contribution is -0.384. The molecule has 9 nitrogen and oxygen atoms in total. The lowest BCUT2D eigenvalue weighted by atomic mass is 10.2. The number of nitro benzene ring substituents is 1. The van der Waals surface area contributed by atoms with Gasteiger partial charge in [-0.2, -0.15) is 0 Å². The Morgan fingerprint density at radius 2 is 2.03 bits per heavy atom. The minimum Gasteiger partial charge on any atom is -0.419 e. The van der Waals surface area contributed by atoms with Crippen LogP contribution >= 0.6 is 23.1 Å². The number of aromatic nitrogens is 5. The SMILES string of the molecule is C[C@H](Sc1nnc(Cc2cccs2)n1C1CC1)c1nnc(-c2ccc([N+](=O)[O-])cc2)o1. The van der Waals surface area contributed by atoms with E-state index in [1.54, 1.807) is 35.2 Å². The summed E-state index contributed by atoms with van der Waals surface area (Å²) in [6, 6.07) is 10.7. The second-order valence-electron chi connectivity index (χ2n) is 7.27. The number of nitro groups is 1. The minimum absolute atomic E-state index is 0.0187. The highest BCUT2D eigenvalue weighted by Crippen LogP contribution is 2.42. The standard InChI is InChI=1S/C20H18N6O3S2/c1-12(18-22-23-19(29-18)13-4-6-15(7-5-13)26(27)28)31-20-24-21-17(25(20)14-8-9-14)11-16-3-2-10-30-16/h2-7,10,12,14H,8-9,11H2,1H3/t12-/m0/s1. The molecule has 5 rings (SSSR count). The van der Waals surface area contributed by atoms with Gasteiger partial charge in [-0.15, -0.1) is 31.7 Å². The lowest BCUT2D eigenvalue weighted by Gasteiger charge is -2.10. The Morgan fingerprint density at radius 1 is 1.23 bits per heavy atom. The first-order chi connectivity index (χ1) is 15.1. The number of nitrogens with zero attached hydrogens (tertiary/aromatic N) is 6. The summed E-state index contributed by atoms with van der Waals surface area (Å²) in [6.07, 6.45) is 3.06. The molecule has 0 unspecified atom stereocenters. The molecule has 0 bridgehead atoms. The molecule has 0 radical (unpaired) electrons. The van der Waals surface area contributed by atoms with Crippen molar-refractivity contribution in [1.82, 2.24) is 25.0 Å². The third-order valence-corrected chi connectivity index (χ3v) is 6.88. The zero-order chi connectivity index (χ0) is 21.4. The van der Waals surface area contributed by atoms with Crippen LogP contribution in [0.25, 0.3) is 11.5 Å². The number of hydrogen-bond acceptors (Lipinski definition) is 9. The summed E-state index contributed by atoms with van der Waals surface area (Å²) < 4.78 is 8.09. The molecule has 11 heteroatoms. The number of thiophene rings is 1. The Bertz CT molecular complexity index is 1200. The van der Waals surface area contributed by atoms with E-state index < -0.39 is 4.92 Å². The van der Waals surface area contributed by atoms with Gasteiger partial charge in [0.25, 0.3) is 5.69 Å².